The van der Waals surface area contributed by atoms with Crippen molar-refractivity contribution in [3.63, 3.8) is 0 Å². The number of benzene rings is 1. The molecule has 0 saturated carbocycles. The van der Waals surface area contributed by atoms with Crippen LogP contribution in [-0.4, -0.2) is 31.1 Å². The van der Waals surface area contributed by atoms with E-state index in [4.69, 9.17) is 9.47 Å². The largest absolute Gasteiger partial charge is 0.466 e. The summed E-state index contributed by atoms with van der Waals surface area (Å²) in [6, 6.07) is 6.04. The van der Waals surface area contributed by atoms with Crippen LogP contribution in [0.25, 0.3) is 0 Å². The maximum Gasteiger partial charge on any atom is 0.336 e. The molecular formula is C19H22N2O6. The summed E-state index contributed by atoms with van der Waals surface area (Å²) in [7, 11) is 2.46. The number of hydrogen-bond donors (Lipinski definition) is 1. The molecule has 0 spiro atoms. The molecule has 1 atom stereocenters. The molecule has 0 aliphatic carbocycles. The van der Waals surface area contributed by atoms with E-state index in [1.165, 1.54) is 32.4 Å². The summed E-state index contributed by atoms with van der Waals surface area (Å²) in [5, 5.41) is 14.7. The molecule has 1 aliphatic heterocycles. The number of hydrogen-bond acceptors (Lipinski definition) is 7. The SMILES string of the molecule is CCCC1=C(C(=O)OC)C(c2ccccc2[N+](=O)[O-])C(C(=O)OC)=C(C)N1. The van der Waals surface area contributed by atoms with E-state index in [0.29, 0.717) is 17.8 Å². The lowest BCUT2D eigenvalue weighted by atomic mass is 9.79. The Balaban J connectivity index is 2.84. The Hall–Kier alpha value is -3.16. The minimum absolute atomic E-state index is 0.145. The topological polar surface area (TPSA) is 108 Å². The Morgan fingerprint density at radius 2 is 1.74 bits per heavy atom. The van der Waals surface area contributed by atoms with Crippen LogP contribution in [0.3, 0.4) is 0 Å². The highest BCUT2D eigenvalue weighted by atomic mass is 16.6. The van der Waals surface area contributed by atoms with E-state index in [0.717, 1.165) is 6.42 Å². The van der Waals surface area contributed by atoms with Gasteiger partial charge in [-0.25, -0.2) is 9.59 Å². The summed E-state index contributed by atoms with van der Waals surface area (Å²) in [5.41, 5.74) is 1.44. The number of methoxy groups -OCH3 is 2. The monoisotopic (exact) mass is 374 g/mol. The predicted molar refractivity (Wildman–Crippen MR) is 97.6 cm³/mol. The second-order valence-electron chi connectivity index (χ2n) is 6.04. The Morgan fingerprint density at radius 1 is 1.15 bits per heavy atom. The molecule has 0 fully saturated rings. The fraction of sp³-hybridized carbons (Fsp3) is 0.368. The van der Waals surface area contributed by atoms with Gasteiger partial charge in [-0.2, -0.15) is 0 Å². The van der Waals surface area contributed by atoms with E-state index < -0.39 is 22.8 Å². The first-order chi connectivity index (χ1) is 12.9. The van der Waals surface area contributed by atoms with Crippen LogP contribution in [0.2, 0.25) is 0 Å². The molecule has 2 rings (SSSR count). The number of ether oxygens (including phenoxy) is 2. The van der Waals surface area contributed by atoms with Crippen molar-refractivity contribution in [3.8, 4) is 0 Å². The third-order valence-corrected chi connectivity index (χ3v) is 4.40. The van der Waals surface area contributed by atoms with Gasteiger partial charge in [-0.3, -0.25) is 10.1 Å². The zero-order valence-electron chi connectivity index (χ0n) is 15.7. The Bertz CT molecular complexity index is 840. The Labute approximate surface area is 157 Å². The number of allylic oxidation sites excluding steroid dienone is 2. The molecule has 0 radical (unpaired) electrons. The molecule has 0 amide bonds. The zero-order valence-corrected chi connectivity index (χ0v) is 15.7. The first-order valence-corrected chi connectivity index (χ1v) is 8.48. The smallest absolute Gasteiger partial charge is 0.336 e. The van der Waals surface area contributed by atoms with E-state index in [2.05, 4.69) is 5.32 Å². The minimum Gasteiger partial charge on any atom is -0.466 e. The average Bonchev–Trinajstić information content (AvgIpc) is 2.66. The number of carbonyl (C=O) groups excluding carboxylic acids is 2. The number of dihydropyridines is 1. The number of nitro groups is 1. The van der Waals surface area contributed by atoms with E-state index in [-0.39, 0.29) is 22.4 Å². The zero-order chi connectivity index (χ0) is 20.1. The molecular weight excluding hydrogens is 352 g/mol. The second-order valence-corrected chi connectivity index (χ2v) is 6.04. The third kappa shape index (κ3) is 3.84. The fourth-order valence-corrected chi connectivity index (χ4v) is 3.28. The van der Waals surface area contributed by atoms with Crippen LogP contribution in [0.15, 0.2) is 46.8 Å². The van der Waals surface area contributed by atoms with Gasteiger partial charge in [0.25, 0.3) is 5.69 Å². The number of carbonyl (C=O) groups is 2. The summed E-state index contributed by atoms with van der Waals surface area (Å²) in [6.07, 6.45) is 1.25. The molecule has 1 unspecified atom stereocenters. The highest BCUT2D eigenvalue weighted by molar-refractivity contribution is 6.00. The van der Waals surface area contributed by atoms with Gasteiger partial charge in [-0.1, -0.05) is 31.5 Å². The molecule has 27 heavy (non-hydrogen) atoms. The van der Waals surface area contributed by atoms with Crippen LogP contribution in [0.4, 0.5) is 5.69 Å². The van der Waals surface area contributed by atoms with Gasteiger partial charge in [0.05, 0.1) is 36.2 Å². The first kappa shape index (κ1) is 20.2. The van der Waals surface area contributed by atoms with E-state index in [1.807, 2.05) is 6.92 Å². The standard InChI is InChI=1S/C19H22N2O6/c1-5-8-13-17(19(23)27-4)16(15(11(2)20-13)18(22)26-3)12-9-6-7-10-14(12)21(24)25/h6-7,9-10,16,20H,5,8H2,1-4H3. The van der Waals surface area contributed by atoms with Crippen LogP contribution in [0, 0.1) is 10.1 Å². The molecule has 144 valence electrons. The maximum atomic E-state index is 12.6. The number of rotatable bonds is 6. The second kappa shape index (κ2) is 8.48. The van der Waals surface area contributed by atoms with Crippen molar-refractivity contribution in [2.24, 2.45) is 0 Å². The van der Waals surface area contributed by atoms with Gasteiger partial charge in [0.2, 0.25) is 0 Å². The van der Waals surface area contributed by atoms with Crippen molar-refractivity contribution < 1.29 is 24.0 Å². The molecule has 1 aliphatic rings. The van der Waals surface area contributed by atoms with Crippen molar-refractivity contribution in [1.29, 1.82) is 0 Å². The third-order valence-electron chi connectivity index (χ3n) is 4.40. The van der Waals surface area contributed by atoms with Crippen molar-refractivity contribution in [3.05, 3.63) is 62.5 Å². The highest BCUT2D eigenvalue weighted by Crippen LogP contribution is 2.43. The lowest BCUT2D eigenvalue weighted by Crippen LogP contribution is -2.33. The molecule has 8 nitrogen and oxygen atoms in total. The van der Waals surface area contributed by atoms with Crippen molar-refractivity contribution in [2.45, 2.75) is 32.6 Å². The fourth-order valence-electron chi connectivity index (χ4n) is 3.28. The Kier molecular flexibility index (Phi) is 6.33. The molecule has 1 N–H and O–H groups in total. The predicted octanol–water partition coefficient (Wildman–Crippen LogP) is 2.96. The van der Waals surface area contributed by atoms with Crippen molar-refractivity contribution in [2.75, 3.05) is 14.2 Å². The molecule has 1 heterocycles. The first-order valence-electron chi connectivity index (χ1n) is 8.48. The van der Waals surface area contributed by atoms with E-state index >= 15 is 0 Å². The van der Waals surface area contributed by atoms with Crippen molar-refractivity contribution >= 4 is 17.6 Å². The molecule has 1 aromatic carbocycles. The van der Waals surface area contributed by atoms with Gasteiger partial charge >= 0.3 is 11.9 Å². The Morgan fingerprint density at radius 3 is 2.30 bits per heavy atom. The van der Waals surface area contributed by atoms with Crippen LogP contribution in [-0.2, 0) is 19.1 Å². The maximum absolute atomic E-state index is 12.6. The van der Waals surface area contributed by atoms with Crippen LogP contribution in [0.1, 0.15) is 38.2 Å². The lowest BCUT2D eigenvalue weighted by Gasteiger charge is -2.31. The average molecular weight is 374 g/mol. The summed E-state index contributed by atoms with van der Waals surface area (Å²) in [5.74, 6) is -2.28. The van der Waals surface area contributed by atoms with Gasteiger partial charge in [0.15, 0.2) is 0 Å². The van der Waals surface area contributed by atoms with Gasteiger partial charge in [-0.15, -0.1) is 0 Å². The number of nitrogens with one attached hydrogen (secondary N) is 1. The number of esters is 2. The van der Waals surface area contributed by atoms with Crippen molar-refractivity contribution in [1.82, 2.24) is 5.32 Å². The molecule has 8 heteroatoms. The summed E-state index contributed by atoms with van der Waals surface area (Å²) in [4.78, 5) is 36.2. The lowest BCUT2D eigenvalue weighted by molar-refractivity contribution is -0.385. The normalized spacial score (nSPS) is 16.7. The molecule has 1 aromatic rings. The van der Waals surface area contributed by atoms with E-state index in [9.17, 15) is 19.7 Å². The van der Waals surface area contributed by atoms with Crippen LogP contribution >= 0.6 is 0 Å². The van der Waals surface area contributed by atoms with Gasteiger partial charge in [0.1, 0.15) is 0 Å². The van der Waals surface area contributed by atoms with Crippen LogP contribution < -0.4 is 5.32 Å². The van der Waals surface area contributed by atoms with Gasteiger partial charge in [-0.05, 0) is 13.3 Å². The van der Waals surface area contributed by atoms with E-state index in [1.54, 1.807) is 13.0 Å². The minimum atomic E-state index is -0.964. The van der Waals surface area contributed by atoms with Gasteiger partial charge < -0.3 is 14.8 Å². The quantitative estimate of drug-likeness (QED) is 0.463. The highest BCUT2D eigenvalue weighted by Gasteiger charge is 2.41. The summed E-state index contributed by atoms with van der Waals surface area (Å²) in [6.45, 7) is 3.62. The summed E-state index contributed by atoms with van der Waals surface area (Å²) >= 11 is 0. The molecule has 0 aromatic heterocycles. The van der Waals surface area contributed by atoms with Gasteiger partial charge in [0, 0.05) is 23.0 Å². The molecule has 0 bridgehead atoms. The number of para-hydroxylation sites is 1. The number of nitro benzene ring substituents is 1. The molecule has 0 saturated heterocycles. The summed E-state index contributed by atoms with van der Waals surface area (Å²) < 4.78 is 9.82. The van der Waals surface area contributed by atoms with Crippen LogP contribution in [0.5, 0.6) is 0 Å². The number of nitrogens with zero attached hydrogens (tertiary/aromatic N) is 1.